The highest BCUT2D eigenvalue weighted by Crippen LogP contribution is 2.45. The molecular weight excluding hydrogens is 344 g/mol. The van der Waals surface area contributed by atoms with Crippen molar-refractivity contribution < 1.29 is 9.84 Å². The number of phenols is 1. The van der Waals surface area contributed by atoms with Gasteiger partial charge in [0.05, 0.1) is 12.7 Å². The molecule has 1 heterocycles. The van der Waals surface area contributed by atoms with Crippen LogP contribution in [0.1, 0.15) is 48.8 Å². The first kappa shape index (κ1) is 18.5. The molecule has 0 aliphatic heterocycles. The predicted octanol–water partition coefficient (Wildman–Crippen LogP) is 5.24. The van der Waals surface area contributed by atoms with Crippen LogP contribution < -0.4 is 4.74 Å². The summed E-state index contributed by atoms with van der Waals surface area (Å²) in [6, 6.07) is 7.62. The fourth-order valence-electron chi connectivity index (χ4n) is 3.45. The van der Waals surface area contributed by atoms with E-state index in [0.717, 1.165) is 24.3 Å². The third-order valence-corrected chi connectivity index (χ3v) is 6.32. The van der Waals surface area contributed by atoms with Gasteiger partial charge in [-0.2, -0.15) is 5.26 Å². The summed E-state index contributed by atoms with van der Waals surface area (Å²) in [5.74, 6) is 1.10. The van der Waals surface area contributed by atoms with Crippen molar-refractivity contribution in [3.8, 4) is 17.6 Å². The van der Waals surface area contributed by atoms with Crippen molar-refractivity contribution in [1.29, 1.82) is 5.26 Å². The lowest BCUT2D eigenvalue weighted by Crippen LogP contribution is -2.26. The Balaban J connectivity index is 1.93. The second-order valence-electron chi connectivity index (χ2n) is 7.76. The number of methoxy groups -OCH3 is 1. The average Bonchev–Trinajstić information content (AvgIpc) is 2.96. The number of aliphatic imine (C=N–C) groups is 1. The fourth-order valence-corrected chi connectivity index (χ4v) is 4.67. The maximum Gasteiger partial charge on any atom is 0.166 e. The summed E-state index contributed by atoms with van der Waals surface area (Å²) in [6.45, 7) is 6.85. The van der Waals surface area contributed by atoms with Gasteiger partial charge in [0.15, 0.2) is 11.5 Å². The molecule has 3 rings (SSSR count). The zero-order chi connectivity index (χ0) is 18.9. The van der Waals surface area contributed by atoms with Crippen molar-refractivity contribution >= 4 is 22.6 Å². The van der Waals surface area contributed by atoms with E-state index in [1.807, 2.05) is 0 Å². The summed E-state index contributed by atoms with van der Waals surface area (Å²) in [5, 5.41) is 20.6. The molecule has 5 heteroatoms. The van der Waals surface area contributed by atoms with Crippen molar-refractivity contribution in [2.45, 2.75) is 40.0 Å². The predicted molar refractivity (Wildman–Crippen MR) is 106 cm³/mol. The van der Waals surface area contributed by atoms with E-state index >= 15 is 0 Å². The van der Waals surface area contributed by atoms with E-state index < -0.39 is 0 Å². The topological polar surface area (TPSA) is 65.6 Å². The molecule has 1 aliphatic carbocycles. The summed E-state index contributed by atoms with van der Waals surface area (Å²) < 4.78 is 5.13. The van der Waals surface area contributed by atoms with Crippen LogP contribution in [0.2, 0.25) is 0 Å². The van der Waals surface area contributed by atoms with Crippen LogP contribution in [0.5, 0.6) is 11.5 Å². The Bertz CT molecular complexity index is 885. The van der Waals surface area contributed by atoms with Crippen LogP contribution in [0.25, 0.3) is 0 Å². The molecule has 0 fully saturated rings. The Hall–Kier alpha value is -2.32. The Kier molecular flexibility index (Phi) is 5.06. The Morgan fingerprint density at radius 2 is 2.15 bits per heavy atom. The molecule has 1 unspecified atom stereocenters. The molecule has 0 bridgehead atoms. The van der Waals surface area contributed by atoms with Crippen LogP contribution in [0.4, 0.5) is 5.00 Å². The molecule has 1 aromatic heterocycles. The quantitative estimate of drug-likeness (QED) is 0.754. The minimum Gasteiger partial charge on any atom is -0.504 e. The van der Waals surface area contributed by atoms with Crippen molar-refractivity contribution in [3.63, 3.8) is 0 Å². The van der Waals surface area contributed by atoms with Gasteiger partial charge >= 0.3 is 0 Å². The number of nitriles is 1. The maximum atomic E-state index is 10.2. The number of phenolic OH excluding ortho intramolecular Hbond substituents is 1. The van der Waals surface area contributed by atoms with Gasteiger partial charge in [-0.1, -0.05) is 26.8 Å². The summed E-state index contributed by atoms with van der Waals surface area (Å²) >= 11 is 1.61. The van der Waals surface area contributed by atoms with Crippen LogP contribution in [0.15, 0.2) is 23.2 Å². The van der Waals surface area contributed by atoms with Gasteiger partial charge in [0.1, 0.15) is 11.1 Å². The number of aromatic hydroxyl groups is 1. The second-order valence-corrected chi connectivity index (χ2v) is 8.84. The van der Waals surface area contributed by atoms with Gasteiger partial charge in [0.25, 0.3) is 0 Å². The molecule has 26 heavy (non-hydrogen) atoms. The molecule has 2 aromatic rings. The van der Waals surface area contributed by atoms with Gasteiger partial charge < -0.3 is 9.84 Å². The number of hydrogen-bond acceptors (Lipinski definition) is 5. The minimum atomic E-state index is 0.0615. The lowest BCUT2D eigenvalue weighted by molar-refractivity contribution is 0.218. The number of rotatable bonds is 3. The van der Waals surface area contributed by atoms with Gasteiger partial charge in [-0.25, -0.2) is 4.99 Å². The van der Waals surface area contributed by atoms with Crippen molar-refractivity contribution in [2.24, 2.45) is 16.3 Å². The summed E-state index contributed by atoms with van der Waals surface area (Å²) in [4.78, 5) is 5.82. The number of nitrogens with zero attached hydrogens (tertiary/aromatic N) is 2. The van der Waals surface area contributed by atoms with Crippen LogP contribution in [-0.2, 0) is 12.8 Å². The minimum absolute atomic E-state index is 0.0615. The highest BCUT2D eigenvalue weighted by atomic mass is 32.1. The van der Waals surface area contributed by atoms with Gasteiger partial charge in [-0.05, 0) is 48.3 Å². The van der Waals surface area contributed by atoms with Crippen LogP contribution >= 0.6 is 11.3 Å². The molecule has 0 amide bonds. The first-order valence-corrected chi connectivity index (χ1v) is 9.61. The molecule has 1 N–H and O–H groups in total. The fraction of sp³-hybridized carbons (Fsp3) is 0.429. The summed E-state index contributed by atoms with van der Waals surface area (Å²) in [6.07, 6.45) is 4.67. The van der Waals surface area contributed by atoms with Crippen molar-refractivity contribution in [3.05, 3.63) is 39.8 Å². The molecule has 4 nitrogen and oxygen atoms in total. The lowest BCUT2D eigenvalue weighted by Gasteiger charge is -2.33. The van der Waals surface area contributed by atoms with E-state index in [2.05, 4.69) is 31.8 Å². The normalized spacial score (nSPS) is 17.1. The van der Waals surface area contributed by atoms with Crippen LogP contribution in [0, 0.1) is 22.7 Å². The summed E-state index contributed by atoms with van der Waals surface area (Å²) in [5.41, 5.74) is 2.70. The SMILES string of the molecule is COc1cccc(/C=N/c2sc3c(c2C#N)CCC(C(C)(C)C)C3)c1O. The van der Waals surface area contributed by atoms with E-state index in [1.165, 1.54) is 17.6 Å². The van der Waals surface area contributed by atoms with Crippen molar-refractivity contribution in [1.82, 2.24) is 0 Å². The van der Waals surface area contributed by atoms with E-state index in [-0.39, 0.29) is 11.2 Å². The molecule has 0 spiro atoms. The third kappa shape index (κ3) is 3.47. The standard InChI is InChI=1S/C21H24N2O2S/c1-21(2,3)14-8-9-15-16(11-22)20(26-18(15)10-14)23-12-13-6-5-7-17(25-4)19(13)24/h5-7,12,14,24H,8-10H2,1-4H3/b23-12+. The Morgan fingerprint density at radius 1 is 1.38 bits per heavy atom. The number of thiophene rings is 1. The van der Waals surface area contributed by atoms with E-state index in [0.29, 0.717) is 22.8 Å². The van der Waals surface area contributed by atoms with Crippen molar-refractivity contribution in [2.75, 3.05) is 7.11 Å². The van der Waals surface area contributed by atoms with Gasteiger partial charge in [-0.15, -0.1) is 11.3 Å². The van der Waals surface area contributed by atoms with Gasteiger partial charge in [0.2, 0.25) is 0 Å². The molecule has 0 saturated heterocycles. The van der Waals surface area contributed by atoms with E-state index in [9.17, 15) is 10.4 Å². The number of ether oxygens (including phenoxy) is 1. The Labute approximate surface area is 158 Å². The molecule has 1 aliphatic rings. The summed E-state index contributed by atoms with van der Waals surface area (Å²) in [7, 11) is 1.52. The van der Waals surface area contributed by atoms with Gasteiger partial charge in [-0.3, -0.25) is 0 Å². The van der Waals surface area contributed by atoms with Gasteiger partial charge in [0, 0.05) is 16.7 Å². The number of para-hydroxylation sites is 1. The average molecular weight is 369 g/mol. The Morgan fingerprint density at radius 3 is 2.81 bits per heavy atom. The molecule has 0 radical (unpaired) electrons. The molecule has 1 aromatic carbocycles. The molecular formula is C21H24N2O2S. The maximum absolute atomic E-state index is 10.2. The number of fused-ring (bicyclic) bond motifs is 1. The molecule has 0 saturated carbocycles. The first-order valence-electron chi connectivity index (χ1n) is 8.79. The first-order chi connectivity index (χ1) is 12.3. The molecule has 136 valence electrons. The number of benzene rings is 1. The number of hydrogen-bond donors (Lipinski definition) is 1. The smallest absolute Gasteiger partial charge is 0.166 e. The second kappa shape index (κ2) is 7.13. The highest BCUT2D eigenvalue weighted by molar-refractivity contribution is 7.16. The zero-order valence-corrected chi connectivity index (χ0v) is 16.5. The lowest BCUT2D eigenvalue weighted by atomic mass is 9.72. The largest absolute Gasteiger partial charge is 0.504 e. The van der Waals surface area contributed by atoms with E-state index in [1.54, 1.807) is 35.8 Å². The zero-order valence-electron chi connectivity index (χ0n) is 15.7. The third-order valence-electron chi connectivity index (χ3n) is 5.15. The van der Waals surface area contributed by atoms with Crippen LogP contribution in [-0.4, -0.2) is 18.4 Å². The van der Waals surface area contributed by atoms with Crippen LogP contribution in [0.3, 0.4) is 0 Å². The monoisotopic (exact) mass is 368 g/mol. The molecule has 1 atom stereocenters. The highest BCUT2D eigenvalue weighted by Gasteiger charge is 2.32. The van der Waals surface area contributed by atoms with E-state index in [4.69, 9.17) is 4.74 Å².